The Balaban J connectivity index is 0. The number of nitrogens with zero attached hydrogens (tertiary/aromatic N) is 1. The van der Waals surface area contributed by atoms with Crippen LogP contribution in [-0.2, 0) is 0 Å². The second kappa shape index (κ2) is 19.1. The molecule has 2 N–H and O–H groups in total. The molecule has 0 spiro atoms. The summed E-state index contributed by atoms with van der Waals surface area (Å²) in [6.45, 7) is 18.5. The van der Waals surface area contributed by atoms with Crippen LogP contribution >= 0.6 is 0 Å². The predicted octanol–water partition coefficient (Wildman–Crippen LogP) is 2.49. The molecule has 0 aliphatic carbocycles. The minimum atomic E-state index is 0.333. The molecule has 128 valence electrons. The Labute approximate surface area is 143 Å². The van der Waals surface area contributed by atoms with Crippen LogP contribution in [0.5, 0.6) is 0 Å². The molecule has 0 saturated carbocycles. The van der Waals surface area contributed by atoms with Crippen LogP contribution in [-0.4, -0.2) is 66.4 Å². The maximum atomic E-state index is 5.11. The summed E-state index contributed by atoms with van der Waals surface area (Å²) in [5.41, 5.74) is 0. The smallest absolute Gasteiger partial charge is 0.0692 e. The van der Waals surface area contributed by atoms with E-state index in [0.717, 1.165) is 12.2 Å². The number of piperazine rings is 1. The first kappa shape index (κ1) is 24.3. The molecule has 2 heterocycles. The summed E-state index contributed by atoms with van der Waals surface area (Å²) in [6.07, 6.45) is 3.51. The van der Waals surface area contributed by atoms with Gasteiger partial charge in [-0.15, -0.1) is 0 Å². The van der Waals surface area contributed by atoms with Crippen LogP contribution < -0.4 is 10.6 Å². The third kappa shape index (κ3) is 18.1. The Morgan fingerprint density at radius 1 is 1.00 bits per heavy atom. The van der Waals surface area contributed by atoms with Crippen molar-refractivity contribution < 1.29 is 0 Å². The molecule has 2 saturated heterocycles. The van der Waals surface area contributed by atoms with Gasteiger partial charge < -0.3 is 15.5 Å². The van der Waals surface area contributed by atoms with Crippen molar-refractivity contribution in [2.45, 2.75) is 59.6 Å². The first-order valence-electron chi connectivity index (χ1n) is 9.19. The molecule has 2 aliphatic heterocycles. The zero-order chi connectivity index (χ0) is 17.2. The standard InChI is InChI=1S/C10H21N3.C3H7B.C2H5B.C2H6/c1-3-11-4-2-10(1)9-13-7-5-12-6-8-13;1-3(2)4;1-2-3;1-2/h10-12H,1-9H2;3H,1-2H3;2H2,1H3;1-2H3. The van der Waals surface area contributed by atoms with Crippen LogP contribution in [0.3, 0.4) is 0 Å². The molecular weight excluding hydrogens is 268 g/mol. The van der Waals surface area contributed by atoms with Gasteiger partial charge in [0.25, 0.3) is 0 Å². The second-order valence-corrected chi connectivity index (χ2v) is 5.90. The van der Waals surface area contributed by atoms with Gasteiger partial charge in [0.1, 0.15) is 0 Å². The molecule has 2 fully saturated rings. The van der Waals surface area contributed by atoms with Crippen LogP contribution in [0.4, 0.5) is 0 Å². The van der Waals surface area contributed by atoms with Crippen molar-refractivity contribution >= 4 is 15.7 Å². The van der Waals surface area contributed by atoms with E-state index in [1.807, 2.05) is 34.6 Å². The van der Waals surface area contributed by atoms with Gasteiger partial charge >= 0.3 is 0 Å². The van der Waals surface area contributed by atoms with Crippen LogP contribution in [0.15, 0.2) is 0 Å². The summed E-state index contributed by atoms with van der Waals surface area (Å²) in [7, 11) is 9.96. The molecule has 0 aromatic heterocycles. The Morgan fingerprint density at radius 2 is 1.36 bits per heavy atom. The zero-order valence-electron chi connectivity index (χ0n) is 15.8. The maximum absolute atomic E-state index is 5.11. The van der Waals surface area contributed by atoms with E-state index < -0.39 is 0 Å². The van der Waals surface area contributed by atoms with E-state index >= 15 is 0 Å². The van der Waals surface area contributed by atoms with E-state index in [1.165, 1.54) is 58.7 Å². The highest BCUT2D eigenvalue weighted by Crippen LogP contribution is 2.13. The quantitative estimate of drug-likeness (QED) is 0.768. The van der Waals surface area contributed by atoms with E-state index in [4.69, 9.17) is 15.7 Å². The van der Waals surface area contributed by atoms with Gasteiger partial charge in [-0.2, -0.15) is 0 Å². The summed E-state index contributed by atoms with van der Waals surface area (Å²) in [4.78, 5) is 2.62. The lowest BCUT2D eigenvalue weighted by Gasteiger charge is -2.32. The van der Waals surface area contributed by atoms with Crippen molar-refractivity contribution in [2.24, 2.45) is 5.92 Å². The van der Waals surface area contributed by atoms with Gasteiger partial charge in [0.2, 0.25) is 0 Å². The fourth-order valence-electron chi connectivity index (χ4n) is 2.32. The second-order valence-electron chi connectivity index (χ2n) is 5.90. The van der Waals surface area contributed by atoms with E-state index in [0.29, 0.717) is 5.82 Å². The van der Waals surface area contributed by atoms with Crippen molar-refractivity contribution in [1.29, 1.82) is 0 Å². The maximum Gasteiger partial charge on any atom is 0.0692 e. The average molecular weight is 307 g/mol. The average Bonchev–Trinajstić information content (AvgIpc) is 2.52. The van der Waals surface area contributed by atoms with E-state index in [-0.39, 0.29) is 0 Å². The molecule has 3 nitrogen and oxygen atoms in total. The molecule has 4 radical (unpaired) electrons. The summed E-state index contributed by atoms with van der Waals surface area (Å²) in [6, 6.07) is 0. The largest absolute Gasteiger partial charge is 0.317 e. The van der Waals surface area contributed by atoms with Crippen LogP contribution in [0.1, 0.15) is 47.5 Å². The molecule has 0 amide bonds. The minimum Gasteiger partial charge on any atom is -0.317 e. The third-order valence-electron chi connectivity index (χ3n) is 3.18. The molecule has 0 aromatic rings. The van der Waals surface area contributed by atoms with Crippen molar-refractivity contribution in [3.05, 3.63) is 0 Å². The number of hydrogen-bond acceptors (Lipinski definition) is 3. The van der Waals surface area contributed by atoms with E-state index in [2.05, 4.69) is 15.5 Å². The monoisotopic (exact) mass is 307 g/mol. The minimum absolute atomic E-state index is 0.333. The van der Waals surface area contributed by atoms with Crippen LogP contribution in [0, 0.1) is 5.92 Å². The molecule has 0 aromatic carbocycles. The van der Waals surface area contributed by atoms with Gasteiger partial charge in [0.05, 0.1) is 15.7 Å². The van der Waals surface area contributed by atoms with E-state index in [1.54, 1.807) is 0 Å². The summed E-state index contributed by atoms with van der Waals surface area (Å²) < 4.78 is 0. The van der Waals surface area contributed by atoms with Gasteiger partial charge in [0.15, 0.2) is 0 Å². The highest BCUT2D eigenvalue weighted by atomic mass is 15.2. The zero-order valence-corrected chi connectivity index (χ0v) is 15.8. The Kier molecular flexibility index (Phi) is 21.0. The van der Waals surface area contributed by atoms with Crippen LogP contribution in [0.25, 0.3) is 0 Å². The van der Waals surface area contributed by atoms with Crippen molar-refractivity contribution in [2.75, 3.05) is 45.8 Å². The third-order valence-corrected chi connectivity index (χ3v) is 3.18. The molecule has 2 aliphatic rings. The lowest BCUT2D eigenvalue weighted by Crippen LogP contribution is -2.46. The number of hydrogen-bond donors (Lipinski definition) is 2. The fourth-order valence-corrected chi connectivity index (χ4v) is 2.32. The normalized spacial score (nSPS) is 19.0. The highest BCUT2D eigenvalue weighted by Gasteiger charge is 2.17. The molecular formula is C17H39B2N3. The fraction of sp³-hybridized carbons (Fsp3) is 1.00. The Hall–Kier alpha value is 0.00987. The summed E-state index contributed by atoms with van der Waals surface area (Å²) >= 11 is 0. The number of rotatable bonds is 2. The molecule has 0 unspecified atom stereocenters. The topological polar surface area (TPSA) is 27.3 Å². The van der Waals surface area contributed by atoms with E-state index in [9.17, 15) is 0 Å². The van der Waals surface area contributed by atoms with Crippen molar-refractivity contribution in [3.8, 4) is 0 Å². The summed E-state index contributed by atoms with van der Waals surface area (Å²) in [5.74, 6) is 1.29. The van der Waals surface area contributed by atoms with Gasteiger partial charge in [-0.05, 0) is 31.8 Å². The lowest BCUT2D eigenvalue weighted by atomic mass is 9.93. The predicted molar refractivity (Wildman–Crippen MR) is 103 cm³/mol. The molecule has 22 heavy (non-hydrogen) atoms. The van der Waals surface area contributed by atoms with Crippen LogP contribution in [0.2, 0.25) is 12.1 Å². The van der Waals surface area contributed by atoms with Gasteiger partial charge in [-0.25, -0.2) is 0 Å². The molecule has 5 heteroatoms. The van der Waals surface area contributed by atoms with Crippen molar-refractivity contribution in [3.63, 3.8) is 0 Å². The van der Waals surface area contributed by atoms with Gasteiger partial charge in [0, 0.05) is 32.7 Å². The Bertz CT molecular complexity index is 174. The van der Waals surface area contributed by atoms with Crippen molar-refractivity contribution in [1.82, 2.24) is 15.5 Å². The molecule has 2 rings (SSSR count). The SMILES string of the molecule is C1CC(CN2CCNCC2)CCN1.CC.[B]C(C)C.[B]CC. The molecule has 0 bridgehead atoms. The Morgan fingerprint density at radius 3 is 1.77 bits per heavy atom. The number of piperidine rings is 1. The van der Waals surface area contributed by atoms with Gasteiger partial charge in [-0.3, -0.25) is 0 Å². The highest BCUT2D eigenvalue weighted by molar-refractivity contribution is 6.10. The molecule has 0 atom stereocenters. The first-order chi connectivity index (χ1) is 10.6. The summed E-state index contributed by atoms with van der Waals surface area (Å²) in [5, 5.41) is 6.82. The first-order valence-corrected chi connectivity index (χ1v) is 9.19. The number of nitrogens with one attached hydrogen (secondary N) is 2. The lowest BCUT2D eigenvalue weighted by molar-refractivity contribution is 0.186. The van der Waals surface area contributed by atoms with Gasteiger partial charge in [-0.1, -0.05) is 46.8 Å².